The summed E-state index contributed by atoms with van der Waals surface area (Å²) < 4.78 is 1.74. The van der Waals surface area contributed by atoms with E-state index in [1.807, 2.05) is 6.07 Å². The van der Waals surface area contributed by atoms with Crippen LogP contribution < -0.4 is 5.32 Å². The van der Waals surface area contributed by atoms with E-state index in [2.05, 4.69) is 5.32 Å². The predicted molar refractivity (Wildman–Crippen MR) is 75.8 cm³/mol. The molecule has 104 valence electrons. The van der Waals surface area contributed by atoms with E-state index in [1.54, 1.807) is 48.1 Å². The average Bonchev–Trinajstić information content (AvgIpc) is 2.83. The summed E-state index contributed by atoms with van der Waals surface area (Å²) in [6.45, 7) is 0. The summed E-state index contributed by atoms with van der Waals surface area (Å²) in [5, 5.41) is 11.5. The third-order valence-electron chi connectivity index (χ3n) is 2.99. The van der Waals surface area contributed by atoms with E-state index in [-0.39, 0.29) is 12.3 Å². The first-order chi connectivity index (χ1) is 9.56. The van der Waals surface area contributed by atoms with E-state index < -0.39 is 5.97 Å². The minimum Gasteiger partial charge on any atom is -0.481 e. The number of carbonyl (C=O) groups is 2. The fourth-order valence-electron chi connectivity index (χ4n) is 1.95. The lowest BCUT2D eigenvalue weighted by Crippen LogP contribution is -2.15. The van der Waals surface area contributed by atoms with Gasteiger partial charge in [0.05, 0.1) is 0 Å². The van der Waals surface area contributed by atoms with Gasteiger partial charge in [-0.1, -0.05) is 12.1 Å². The Morgan fingerprint density at radius 3 is 2.70 bits per heavy atom. The monoisotopic (exact) mass is 272 g/mol. The van der Waals surface area contributed by atoms with Gasteiger partial charge < -0.3 is 15.0 Å². The number of benzene rings is 1. The summed E-state index contributed by atoms with van der Waals surface area (Å²) in [5.41, 5.74) is 2.12. The number of carboxylic acids is 1. The summed E-state index contributed by atoms with van der Waals surface area (Å²) in [7, 11) is 1.80. The van der Waals surface area contributed by atoms with Gasteiger partial charge in [-0.3, -0.25) is 9.59 Å². The third kappa shape index (κ3) is 3.47. The van der Waals surface area contributed by atoms with Crippen molar-refractivity contribution in [2.24, 2.45) is 7.05 Å². The summed E-state index contributed by atoms with van der Waals surface area (Å²) >= 11 is 0. The van der Waals surface area contributed by atoms with Crippen LogP contribution >= 0.6 is 0 Å². The van der Waals surface area contributed by atoms with E-state index in [4.69, 9.17) is 5.11 Å². The fourth-order valence-corrected chi connectivity index (χ4v) is 1.95. The van der Waals surface area contributed by atoms with Gasteiger partial charge in [0.1, 0.15) is 5.69 Å². The number of carbonyl (C=O) groups excluding carboxylic acids is 1. The Balaban J connectivity index is 2.06. The SMILES string of the molecule is Cn1cccc1C(=O)Nc1cccc(CCC(=O)O)c1. The number of anilines is 1. The number of carboxylic acid groups (broad SMARTS) is 1. The lowest BCUT2D eigenvalue weighted by molar-refractivity contribution is -0.136. The van der Waals surface area contributed by atoms with Gasteiger partial charge >= 0.3 is 5.97 Å². The van der Waals surface area contributed by atoms with Crippen molar-refractivity contribution >= 4 is 17.6 Å². The maximum absolute atomic E-state index is 12.0. The van der Waals surface area contributed by atoms with E-state index in [0.29, 0.717) is 17.8 Å². The quantitative estimate of drug-likeness (QED) is 0.877. The van der Waals surface area contributed by atoms with Crippen molar-refractivity contribution in [3.8, 4) is 0 Å². The average molecular weight is 272 g/mol. The highest BCUT2D eigenvalue weighted by atomic mass is 16.4. The molecule has 0 spiro atoms. The molecule has 0 atom stereocenters. The van der Waals surface area contributed by atoms with Crippen LogP contribution in [0.25, 0.3) is 0 Å². The molecule has 0 radical (unpaired) electrons. The van der Waals surface area contributed by atoms with Crippen LogP contribution in [0, 0.1) is 0 Å². The van der Waals surface area contributed by atoms with E-state index in [1.165, 1.54) is 0 Å². The molecule has 20 heavy (non-hydrogen) atoms. The first-order valence-electron chi connectivity index (χ1n) is 6.29. The highest BCUT2D eigenvalue weighted by molar-refractivity contribution is 6.03. The van der Waals surface area contributed by atoms with Crippen LogP contribution in [0.1, 0.15) is 22.5 Å². The second-order valence-corrected chi connectivity index (χ2v) is 4.55. The minimum atomic E-state index is -0.830. The van der Waals surface area contributed by atoms with Crippen LogP contribution in [0.2, 0.25) is 0 Å². The zero-order valence-electron chi connectivity index (χ0n) is 11.2. The zero-order valence-corrected chi connectivity index (χ0v) is 11.2. The molecule has 0 unspecified atom stereocenters. The standard InChI is InChI=1S/C15H16N2O3/c1-17-9-3-6-13(17)15(20)16-12-5-2-4-11(10-12)7-8-14(18)19/h2-6,9-10H,7-8H2,1H3,(H,16,20)(H,18,19). The number of aryl methyl sites for hydroxylation is 2. The van der Waals surface area contributed by atoms with Gasteiger partial charge in [0.2, 0.25) is 0 Å². The van der Waals surface area contributed by atoms with Gasteiger partial charge in [0.15, 0.2) is 0 Å². The molecule has 0 bridgehead atoms. The molecule has 0 aliphatic carbocycles. The number of hydrogen-bond donors (Lipinski definition) is 2. The van der Waals surface area contributed by atoms with Crippen LogP contribution in [-0.4, -0.2) is 21.6 Å². The number of nitrogens with one attached hydrogen (secondary N) is 1. The summed E-state index contributed by atoms with van der Waals surface area (Å²) in [6, 6.07) is 10.8. The van der Waals surface area contributed by atoms with E-state index >= 15 is 0 Å². The van der Waals surface area contributed by atoms with Gasteiger partial charge in [-0.2, -0.15) is 0 Å². The molecule has 5 nitrogen and oxygen atoms in total. The molecule has 1 heterocycles. The van der Waals surface area contributed by atoms with E-state index in [0.717, 1.165) is 5.56 Å². The lowest BCUT2D eigenvalue weighted by atomic mass is 10.1. The molecule has 1 aromatic carbocycles. The number of nitrogens with zero attached hydrogens (tertiary/aromatic N) is 1. The van der Waals surface area contributed by atoms with Crippen LogP contribution in [0.5, 0.6) is 0 Å². The zero-order chi connectivity index (χ0) is 14.5. The van der Waals surface area contributed by atoms with Crippen LogP contribution in [0.4, 0.5) is 5.69 Å². The normalized spacial score (nSPS) is 10.2. The topological polar surface area (TPSA) is 71.3 Å². The van der Waals surface area contributed by atoms with Gasteiger partial charge in [0.25, 0.3) is 5.91 Å². The molecule has 0 saturated heterocycles. The highest BCUT2D eigenvalue weighted by Gasteiger charge is 2.09. The molecule has 2 N–H and O–H groups in total. The maximum atomic E-state index is 12.0. The Labute approximate surface area is 116 Å². The van der Waals surface area contributed by atoms with Gasteiger partial charge in [-0.25, -0.2) is 0 Å². The van der Waals surface area contributed by atoms with Crippen LogP contribution in [0.15, 0.2) is 42.6 Å². The number of aromatic nitrogens is 1. The van der Waals surface area contributed by atoms with Gasteiger partial charge in [-0.05, 0) is 36.2 Å². The highest BCUT2D eigenvalue weighted by Crippen LogP contribution is 2.14. The first kappa shape index (κ1) is 13.9. The van der Waals surface area contributed by atoms with Gasteiger partial charge in [0, 0.05) is 25.4 Å². The number of aliphatic carboxylic acids is 1. The number of hydrogen-bond acceptors (Lipinski definition) is 2. The van der Waals surface area contributed by atoms with E-state index in [9.17, 15) is 9.59 Å². The molecule has 0 saturated carbocycles. The maximum Gasteiger partial charge on any atom is 0.303 e. The van der Waals surface area contributed by atoms with Crippen molar-refractivity contribution in [1.82, 2.24) is 4.57 Å². The number of amides is 1. The summed E-state index contributed by atoms with van der Waals surface area (Å²) in [4.78, 5) is 22.6. The second kappa shape index (κ2) is 6.06. The van der Waals surface area contributed by atoms with Crippen molar-refractivity contribution in [3.05, 3.63) is 53.9 Å². The van der Waals surface area contributed by atoms with Crippen molar-refractivity contribution < 1.29 is 14.7 Å². The Morgan fingerprint density at radius 1 is 1.25 bits per heavy atom. The Hall–Kier alpha value is -2.56. The molecule has 2 rings (SSSR count). The summed E-state index contributed by atoms with van der Waals surface area (Å²) in [6.07, 6.45) is 2.33. The van der Waals surface area contributed by atoms with Gasteiger partial charge in [-0.15, -0.1) is 0 Å². The molecular formula is C15H16N2O3. The third-order valence-corrected chi connectivity index (χ3v) is 2.99. The molecule has 0 aliphatic heterocycles. The van der Waals surface area contributed by atoms with Crippen LogP contribution in [0.3, 0.4) is 0 Å². The van der Waals surface area contributed by atoms with Crippen LogP contribution in [-0.2, 0) is 18.3 Å². The second-order valence-electron chi connectivity index (χ2n) is 4.55. The Bertz CT molecular complexity index is 632. The molecule has 1 aromatic heterocycles. The largest absolute Gasteiger partial charge is 0.481 e. The Kier molecular flexibility index (Phi) is 4.20. The van der Waals surface area contributed by atoms with Crippen molar-refractivity contribution in [1.29, 1.82) is 0 Å². The molecule has 0 aliphatic rings. The molecule has 5 heteroatoms. The fraction of sp³-hybridized carbons (Fsp3) is 0.200. The predicted octanol–water partition coefficient (Wildman–Crippen LogP) is 2.29. The molecule has 0 fully saturated rings. The van der Waals surface area contributed by atoms with Crippen molar-refractivity contribution in [2.45, 2.75) is 12.8 Å². The smallest absolute Gasteiger partial charge is 0.303 e. The van der Waals surface area contributed by atoms with Crippen molar-refractivity contribution in [3.63, 3.8) is 0 Å². The minimum absolute atomic E-state index is 0.0786. The molecule has 1 amide bonds. The lowest BCUT2D eigenvalue weighted by Gasteiger charge is -2.07. The molecule has 2 aromatic rings. The first-order valence-corrected chi connectivity index (χ1v) is 6.29. The Morgan fingerprint density at radius 2 is 2.05 bits per heavy atom. The number of rotatable bonds is 5. The van der Waals surface area contributed by atoms with Crippen molar-refractivity contribution in [2.75, 3.05) is 5.32 Å². The summed E-state index contributed by atoms with van der Waals surface area (Å²) in [5.74, 6) is -1.02. The molecular weight excluding hydrogens is 256 g/mol.